The number of aliphatic hydroxyl groups excluding tert-OH is 1. The van der Waals surface area contributed by atoms with E-state index >= 15 is 0 Å². The first-order valence-corrected chi connectivity index (χ1v) is 8.61. The molecule has 2 aliphatic rings. The van der Waals surface area contributed by atoms with Crippen LogP contribution >= 0.6 is 11.8 Å². The highest BCUT2D eigenvalue weighted by Crippen LogP contribution is 2.24. The third kappa shape index (κ3) is 3.59. The van der Waals surface area contributed by atoms with Crippen LogP contribution < -0.4 is 0 Å². The zero-order chi connectivity index (χ0) is 12.5. The molecule has 98 valence electrons. The summed E-state index contributed by atoms with van der Waals surface area (Å²) in [6.07, 6.45) is 0.910. The third-order valence-electron chi connectivity index (χ3n) is 3.15. The second-order valence-electron chi connectivity index (χ2n) is 4.62. The number of carbonyl (C=O) groups excluding carboxylic acids is 1. The molecule has 0 aromatic heterocycles. The Kier molecular flexibility index (Phi) is 3.99. The summed E-state index contributed by atoms with van der Waals surface area (Å²) in [6.45, 7) is 1.03. The van der Waals surface area contributed by atoms with E-state index in [0.29, 0.717) is 31.7 Å². The van der Waals surface area contributed by atoms with E-state index in [2.05, 4.69) is 0 Å². The second-order valence-corrected chi connectivity index (χ2v) is 8.14. The summed E-state index contributed by atoms with van der Waals surface area (Å²) >= 11 is 1.43. The van der Waals surface area contributed by atoms with Crippen molar-refractivity contribution in [2.45, 2.75) is 24.2 Å². The molecule has 2 aliphatic heterocycles. The fourth-order valence-electron chi connectivity index (χ4n) is 2.14. The van der Waals surface area contributed by atoms with Crippen molar-refractivity contribution < 1.29 is 18.3 Å². The zero-order valence-corrected chi connectivity index (χ0v) is 11.2. The lowest BCUT2D eigenvalue weighted by atomic mass is 10.3. The maximum atomic E-state index is 11.8. The van der Waals surface area contributed by atoms with Crippen LogP contribution in [0.3, 0.4) is 0 Å². The predicted octanol–water partition coefficient (Wildman–Crippen LogP) is -0.500. The van der Waals surface area contributed by atoms with Crippen LogP contribution in [-0.4, -0.2) is 66.0 Å². The normalized spacial score (nSPS) is 31.9. The first-order chi connectivity index (χ1) is 7.96. The fourth-order valence-corrected chi connectivity index (χ4v) is 5.69. The van der Waals surface area contributed by atoms with E-state index in [9.17, 15) is 18.3 Å². The van der Waals surface area contributed by atoms with Crippen molar-refractivity contribution in [1.29, 1.82) is 0 Å². The Hall–Kier alpha value is -0.270. The molecule has 2 fully saturated rings. The highest BCUT2D eigenvalue weighted by atomic mass is 32.2. The maximum Gasteiger partial charge on any atom is 0.232 e. The molecule has 0 bridgehead atoms. The van der Waals surface area contributed by atoms with E-state index in [1.165, 1.54) is 11.8 Å². The van der Waals surface area contributed by atoms with E-state index in [0.717, 1.165) is 0 Å². The number of sulfone groups is 1. The van der Waals surface area contributed by atoms with Gasteiger partial charge < -0.3 is 10.0 Å². The summed E-state index contributed by atoms with van der Waals surface area (Å²) in [6, 6.07) is 0. The lowest BCUT2D eigenvalue weighted by molar-refractivity contribution is -0.127. The molecular weight excluding hydrogens is 262 g/mol. The van der Waals surface area contributed by atoms with Crippen LogP contribution in [-0.2, 0) is 14.6 Å². The first kappa shape index (κ1) is 13.2. The van der Waals surface area contributed by atoms with Crippen molar-refractivity contribution in [2.24, 2.45) is 0 Å². The molecule has 2 rings (SSSR count). The van der Waals surface area contributed by atoms with Crippen molar-refractivity contribution in [3.63, 3.8) is 0 Å². The summed E-state index contributed by atoms with van der Waals surface area (Å²) in [4.78, 5) is 13.4. The van der Waals surface area contributed by atoms with Gasteiger partial charge in [-0.05, 0) is 12.8 Å². The van der Waals surface area contributed by atoms with Gasteiger partial charge in [0.15, 0.2) is 9.84 Å². The van der Waals surface area contributed by atoms with Crippen molar-refractivity contribution in [3.05, 3.63) is 0 Å². The molecule has 0 aliphatic carbocycles. The number of rotatable bonds is 3. The van der Waals surface area contributed by atoms with Crippen LogP contribution in [0, 0.1) is 0 Å². The minimum atomic E-state index is -2.86. The van der Waals surface area contributed by atoms with Crippen molar-refractivity contribution in [2.75, 3.05) is 30.3 Å². The van der Waals surface area contributed by atoms with E-state index in [-0.39, 0.29) is 22.7 Å². The Bertz CT molecular complexity index is 395. The summed E-state index contributed by atoms with van der Waals surface area (Å²) in [5.41, 5.74) is 0. The molecule has 0 radical (unpaired) electrons. The van der Waals surface area contributed by atoms with Gasteiger partial charge in [-0.3, -0.25) is 4.79 Å². The Morgan fingerprint density at radius 3 is 2.71 bits per heavy atom. The summed E-state index contributed by atoms with van der Waals surface area (Å²) < 4.78 is 22.5. The average molecular weight is 279 g/mol. The minimum absolute atomic E-state index is 0.0100. The number of β-amino-alcohol motifs (C(OH)–C–C–N with tert-alkyl or cyclic N) is 1. The van der Waals surface area contributed by atoms with E-state index < -0.39 is 15.9 Å². The van der Waals surface area contributed by atoms with Crippen LogP contribution in [0.4, 0.5) is 0 Å². The number of amides is 1. The molecule has 2 heterocycles. The second kappa shape index (κ2) is 5.16. The van der Waals surface area contributed by atoms with E-state index in [1.807, 2.05) is 0 Å². The smallest absolute Gasteiger partial charge is 0.232 e. The number of hydrogen-bond acceptors (Lipinski definition) is 5. The molecule has 5 nitrogen and oxygen atoms in total. The number of aliphatic hydroxyl groups is 1. The molecule has 0 spiro atoms. The fraction of sp³-hybridized carbons (Fsp3) is 0.900. The quantitative estimate of drug-likeness (QED) is 0.754. The SMILES string of the molecule is O=C(CSC1CCS(=O)(=O)C1)N1CC[C@@H](O)C1. The number of carbonyl (C=O) groups is 1. The number of likely N-dealkylation sites (tertiary alicyclic amines) is 1. The standard InChI is InChI=1S/C10H17NO4S2/c12-8-1-3-11(5-8)10(13)6-16-9-2-4-17(14,15)7-9/h8-9,12H,1-7H2/t8-,9?/m1/s1. The predicted molar refractivity (Wildman–Crippen MR) is 66.7 cm³/mol. The summed E-state index contributed by atoms with van der Waals surface area (Å²) in [5, 5.41) is 9.38. The Morgan fingerprint density at radius 2 is 2.18 bits per heavy atom. The van der Waals surface area contributed by atoms with Crippen molar-refractivity contribution in [3.8, 4) is 0 Å². The van der Waals surface area contributed by atoms with E-state index in [4.69, 9.17) is 0 Å². The molecule has 1 amide bonds. The van der Waals surface area contributed by atoms with Gasteiger partial charge in [0.05, 0.1) is 23.4 Å². The van der Waals surface area contributed by atoms with Crippen molar-refractivity contribution in [1.82, 2.24) is 4.90 Å². The van der Waals surface area contributed by atoms with Crippen molar-refractivity contribution >= 4 is 27.5 Å². The summed E-state index contributed by atoms with van der Waals surface area (Å²) in [7, 11) is -2.86. The topological polar surface area (TPSA) is 74.7 Å². The van der Waals surface area contributed by atoms with Gasteiger partial charge in [0.2, 0.25) is 5.91 Å². The summed E-state index contributed by atoms with van der Waals surface area (Å²) in [5.74, 6) is 0.790. The van der Waals surface area contributed by atoms with Gasteiger partial charge in [0.1, 0.15) is 0 Å². The number of nitrogens with zero attached hydrogens (tertiary/aromatic N) is 1. The Balaban J connectivity index is 1.74. The third-order valence-corrected chi connectivity index (χ3v) is 6.42. The van der Waals surface area contributed by atoms with Gasteiger partial charge >= 0.3 is 0 Å². The molecule has 1 N–H and O–H groups in total. The van der Waals surface area contributed by atoms with Crippen LogP contribution in [0.1, 0.15) is 12.8 Å². The highest BCUT2D eigenvalue weighted by Gasteiger charge is 2.30. The molecule has 0 aromatic carbocycles. The lowest BCUT2D eigenvalue weighted by Crippen LogP contribution is -2.31. The van der Waals surface area contributed by atoms with Crippen LogP contribution in [0.15, 0.2) is 0 Å². The molecule has 17 heavy (non-hydrogen) atoms. The van der Waals surface area contributed by atoms with Gasteiger partial charge in [-0.1, -0.05) is 0 Å². The maximum absolute atomic E-state index is 11.8. The van der Waals surface area contributed by atoms with Crippen LogP contribution in [0.5, 0.6) is 0 Å². The highest BCUT2D eigenvalue weighted by molar-refractivity contribution is 8.02. The van der Waals surface area contributed by atoms with Crippen LogP contribution in [0.25, 0.3) is 0 Å². The Labute approximate surface area is 105 Å². The molecule has 0 aromatic rings. The molecule has 2 atom stereocenters. The molecular formula is C10H17NO4S2. The largest absolute Gasteiger partial charge is 0.391 e. The zero-order valence-electron chi connectivity index (χ0n) is 9.54. The molecule has 0 saturated carbocycles. The lowest BCUT2D eigenvalue weighted by Gasteiger charge is -2.16. The van der Waals surface area contributed by atoms with Gasteiger partial charge in [-0.15, -0.1) is 11.8 Å². The Morgan fingerprint density at radius 1 is 1.41 bits per heavy atom. The first-order valence-electron chi connectivity index (χ1n) is 5.74. The monoisotopic (exact) mass is 279 g/mol. The number of hydrogen-bond donors (Lipinski definition) is 1. The van der Waals surface area contributed by atoms with E-state index in [1.54, 1.807) is 4.90 Å². The van der Waals surface area contributed by atoms with Crippen LogP contribution in [0.2, 0.25) is 0 Å². The number of thioether (sulfide) groups is 1. The van der Waals surface area contributed by atoms with Gasteiger partial charge in [0, 0.05) is 18.3 Å². The van der Waals surface area contributed by atoms with Gasteiger partial charge in [0.25, 0.3) is 0 Å². The van der Waals surface area contributed by atoms with Gasteiger partial charge in [-0.25, -0.2) is 8.42 Å². The molecule has 1 unspecified atom stereocenters. The minimum Gasteiger partial charge on any atom is -0.391 e. The molecule has 2 saturated heterocycles. The molecule has 7 heteroatoms. The van der Waals surface area contributed by atoms with Gasteiger partial charge in [-0.2, -0.15) is 0 Å². The average Bonchev–Trinajstić information content (AvgIpc) is 2.81.